The number of pyridine rings is 1. The summed E-state index contributed by atoms with van der Waals surface area (Å²) in [7, 11) is 0. The van der Waals surface area contributed by atoms with E-state index in [0.717, 1.165) is 71.3 Å². The van der Waals surface area contributed by atoms with Crippen LogP contribution in [0.25, 0.3) is 10.9 Å². The van der Waals surface area contributed by atoms with Crippen LogP contribution in [0.4, 0.5) is 5.82 Å². The van der Waals surface area contributed by atoms with Crippen LogP contribution >= 0.6 is 23.4 Å². The number of rotatable bonds is 2. The van der Waals surface area contributed by atoms with Crippen molar-refractivity contribution in [2.24, 2.45) is 0 Å². The van der Waals surface area contributed by atoms with Gasteiger partial charge in [-0.1, -0.05) is 17.7 Å². The molecule has 6 heteroatoms. The highest BCUT2D eigenvalue weighted by atomic mass is 35.5. The lowest BCUT2D eigenvalue weighted by Gasteiger charge is -2.33. The quantitative estimate of drug-likeness (QED) is 0.801. The van der Waals surface area contributed by atoms with E-state index in [-0.39, 0.29) is 11.9 Å². The minimum absolute atomic E-state index is 0.0764. The third-order valence-corrected chi connectivity index (χ3v) is 6.42. The standard InChI is InChI=1S/C19H22ClN3OS/c1-13-4-6-15(20)14-5-7-17(21-18(13)14)23-8-2-3-16(23)19(24)22-9-11-25-12-10-22/h4-7,16H,2-3,8-12H2,1H3. The molecule has 3 heterocycles. The molecule has 2 aromatic rings. The van der Waals surface area contributed by atoms with Crippen LogP contribution in [-0.4, -0.2) is 53.0 Å². The fraction of sp³-hybridized carbons (Fsp3) is 0.474. The van der Waals surface area contributed by atoms with Crippen molar-refractivity contribution in [2.75, 3.05) is 36.0 Å². The van der Waals surface area contributed by atoms with Crippen LogP contribution in [0.15, 0.2) is 24.3 Å². The van der Waals surface area contributed by atoms with Crippen molar-refractivity contribution < 1.29 is 4.79 Å². The summed E-state index contributed by atoms with van der Waals surface area (Å²) in [6.07, 6.45) is 1.95. The van der Waals surface area contributed by atoms with Gasteiger partial charge in [0.15, 0.2) is 0 Å². The average molecular weight is 376 g/mol. The lowest BCUT2D eigenvalue weighted by atomic mass is 10.1. The van der Waals surface area contributed by atoms with Crippen LogP contribution in [0.1, 0.15) is 18.4 Å². The van der Waals surface area contributed by atoms with Gasteiger partial charge in [0.05, 0.1) is 5.52 Å². The molecule has 0 spiro atoms. The van der Waals surface area contributed by atoms with E-state index < -0.39 is 0 Å². The van der Waals surface area contributed by atoms with E-state index in [1.807, 2.05) is 47.9 Å². The Balaban J connectivity index is 1.64. The van der Waals surface area contributed by atoms with Gasteiger partial charge in [-0.2, -0.15) is 11.8 Å². The Kier molecular flexibility index (Phi) is 4.78. The van der Waals surface area contributed by atoms with E-state index in [4.69, 9.17) is 16.6 Å². The van der Waals surface area contributed by atoms with Gasteiger partial charge in [0.25, 0.3) is 0 Å². The van der Waals surface area contributed by atoms with Gasteiger partial charge >= 0.3 is 0 Å². The molecule has 0 aliphatic carbocycles. The second-order valence-corrected chi connectivity index (χ2v) is 8.35. The second-order valence-electron chi connectivity index (χ2n) is 6.72. The molecule has 1 aromatic heterocycles. The van der Waals surface area contributed by atoms with Crippen molar-refractivity contribution in [1.82, 2.24) is 9.88 Å². The highest BCUT2D eigenvalue weighted by Gasteiger charge is 2.35. The molecule has 1 aromatic carbocycles. The smallest absolute Gasteiger partial charge is 0.245 e. The van der Waals surface area contributed by atoms with Gasteiger partial charge in [0.1, 0.15) is 11.9 Å². The molecule has 4 nitrogen and oxygen atoms in total. The zero-order valence-corrected chi connectivity index (χ0v) is 15.9. The van der Waals surface area contributed by atoms with E-state index in [9.17, 15) is 4.79 Å². The number of carbonyl (C=O) groups is 1. The van der Waals surface area contributed by atoms with Crippen LogP contribution < -0.4 is 4.90 Å². The SMILES string of the molecule is Cc1ccc(Cl)c2ccc(N3CCCC3C(=O)N3CCSCC3)nc12. The van der Waals surface area contributed by atoms with Crippen LogP contribution in [0.3, 0.4) is 0 Å². The van der Waals surface area contributed by atoms with Gasteiger partial charge < -0.3 is 9.80 Å². The van der Waals surface area contributed by atoms with Crippen molar-refractivity contribution in [3.8, 4) is 0 Å². The molecule has 0 bridgehead atoms. The summed E-state index contributed by atoms with van der Waals surface area (Å²) in [5, 5.41) is 1.69. The molecule has 2 aliphatic heterocycles. The van der Waals surface area contributed by atoms with Gasteiger partial charge in [-0.25, -0.2) is 4.98 Å². The zero-order chi connectivity index (χ0) is 17.4. The Morgan fingerprint density at radius 3 is 2.80 bits per heavy atom. The maximum Gasteiger partial charge on any atom is 0.245 e. The first-order valence-electron chi connectivity index (χ1n) is 8.84. The average Bonchev–Trinajstić information content (AvgIpc) is 3.14. The first-order valence-corrected chi connectivity index (χ1v) is 10.4. The van der Waals surface area contributed by atoms with E-state index in [1.165, 1.54) is 0 Å². The Labute approximate surface area is 157 Å². The largest absolute Gasteiger partial charge is 0.345 e. The Morgan fingerprint density at radius 1 is 1.20 bits per heavy atom. The maximum atomic E-state index is 13.0. The van der Waals surface area contributed by atoms with Gasteiger partial charge in [-0.05, 0) is 43.5 Å². The molecule has 1 unspecified atom stereocenters. The molecule has 2 saturated heterocycles. The molecule has 1 amide bonds. The zero-order valence-electron chi connectivity index (χ0n) is 14.4. The molecule has 0 saturated carbocycles. The summed E-state index contributed by atoms with van der Waals surface area (Å²) < 4.78 is 0. The molecular formula is C19H22ClN3OS. The van der Waals surface area contributed by atoms with Crippen LogP contribution in [-0.2, 0) is 4.79 Å². The third kappa shape index (κ3) is 3.20. The Hall–Kier alpha value is -1.46. The van der Waals surface area contributed by atoms with Crippen molar-refractivity contribution >= 4 is 46.0 Å². The van der Waals surface area contributed by atoms with Gasteiger partial charge in [0, 0.05) is 41.5 Å². The van der Waals surface area contributed by atoms with Crippen molar-refractivity contribution in [3.63, 3.8) is 0 Å². The monoisotopic (exact) mass is 375 g/mol. The fourth-order valence-corrected chi connectivity index (χ4v) is 4.88. The molecular weight excluding hydrogens is 354 g/mol. The number of aryl methyl sites for hydroxylation is 1. The summed E-state index contributed by atoms with van der Waals surface area (Å²) in [6.45, 7) is 4.67. The minimum atomic E-state index is -0.0764. The highest BCUT2D eigenvalue weighted by Crippen LogP contribution is 2.31. The first-order chi connectivity index (χ1) is 12.1. The minimum Gasteiger partial charge on any atom is -0.345 e. The predicted octanol–water partition coefficient (Wildman–Crippen LogP) is 3.74. The number of thioether (sulfide) groups is 1. The van der Waals surface area contributed by atoms with Gasteiger partial charge in [-0.15, -0.1) is 0 Å². The molecule has 2 fully saturated rings. The van der Waals surface area contributed by atoms with Gasteiger partial charge in [0.2, 0.25) is 5.91 Å². The van der Waals surface area contributed by atoms with Gasteiger partial charge in [-0.3, -0.25) is 4.79 Å². The van der Waals surface area contributed by atoms with E-state index in [0.29, 0.717) is 0 Å². The summed E-state index contributed by atoms with van der Waals surface area (Å²) in [5.41, 5.74) is 2.04. The van der Waals surface area contributed by atoms with Crippen LogP contribution in [0, 0.1) is 6.92 Å². The molecule has 2 aliphatic rings. The summed E-state index contributed by atoms with van der Waals surface area (Å²) in [5.74, 6) is 3.25. The molecule has 0 N–H and O–H groups in total. The number of hydrogen-bond acceptors (Lipinski definition) is 4. The van der Waals surface area contributed by atoms with E-state index >= 15 is 0 Å². The number of amides is 1. The van der Waals surface area contributed by atoms with Crippen LogP contribution in [0.2, 0.25) is 5.02 Å². The number of anilines is 1. The van der Waals surface area contributed by atoms with E-state index in [2.05, 4.69) is 4.90 Å². The number of benzene rings is 1. The van der Waals surface area contributed by atoms with E-state index in [1.54, 1.807) is 0 Å². The normalized spacial score (nSPS) is 21.1. The maximum absolute atomic E-state index is 13.0. The number of carbonyl (C=O) groups excluding carboxylic acids is 1. The number of aromatic nitrogens is 1. The summed E-state index contributed by atoms with van der Waals surface area (Å²) in [6, 6.07) is 7.87. The second kappa shape index (κ2) is 7.04. The number of nitrogens with zero attached hydrogens (tertiary/aromatic N) is 3. The summed E-state index contributed by atoms with van der Waals surface area (Å²) >= 11 is 8.23. The fourth-order valence-electron chi connectivity index (χ4n) is 3.76. The Morgan fingerprint density at radius 2 is 2.00 bits per heavy atom. The lowest BCUT2D eigenvalue weighted by Crippen LogP contribution is -2.48. The molecule has 0 radical (unpaired) electrons. The third-order valence-electron chi connectivity index (χ3n) is 5.15. The van der Waals surface area contributed by atoms with Crippen LogP contribution in [0.5, 0.6) is 0 Å². The van der Waals surface area contributed by atoms with Crippen molar-refractivity contribution in [3.05, 3.63) is 34.9 Å². The highest BCUT2D eigenvalue weighted by molar-refractivity contribution is 7.99. The number of halogens is 1. The van der Waals surface area contributed by atoms with Crippen molar-refractivity contribution in [2.45, 2.75) is 25.8 Å². The topological polar surface area (TPSA) is 36.4 Å². The Bertz CT molecular complexity index is 807. The summed E-state index contributed by atoms with van der Waals surface area (Å²) in [4.78, 5) is 22.1. The number of fused-ring (bicyclic) bond motifs is 1. The molecule has 4 rings (SSSR count). The van der Waals surface area contributed by atoms with Crippen molar-refractivity contribution in [1.29, 1.82) is 0 Å². The lowest BCUT2D eigenvalue weighted by molar-refractivity contribution is -0.132. The number of hydrogen-bond donors (Lipinski definition) is 0. The molecule has 132 valence electrons. The molecule has 1 atom stereocenters. The molecule has 25 heavy (non-hydrogen) atoms. The predicted molar refractivity (Wildman–Crippen MR) is 106 cm³/mol. The first kappa shape index (κ1) is 17.0.